The molecular weight excluding hydrogens is 306 g/mol. The molecule has 3 heteroatoms. The molecule has 124 valence electrons. The molecule has 0 aliphatic heterocycles. The molecule has 0 unspecified atom stereocenters. The average Bonchev–Trinajstić information content (AvgIpc) is 3.31. The van der Waals surface area contributed by atoms with Crippen molar-refractivity contribution in [2.45, 2.75) is 45.8 Å². The minimum atomic E-state index is 0. The van der Waals surface area contributed by atoms with Crippen molar-refractivity contribution in [1.29, 1.82) is 0 Å². The molecule has 23 heavy (non-hydrogen) atoms. The van der Waals surface area contributed by atoms with Gasteiger partial charge in [-0.2, -0.15) is 0 Å². The van der Waals surface area contributed by atoms with Crippen molar-refractivity contribution in [2.75, 3.05) is 0 Å². The van der Waals surface area contributed by atoms with Gasteiger partial charge < -0.3 is 10.5 Å². The number of halogens is 1. The van der Waals surface area contributed by atoms with E-state index in [0.717, 1.165) is 18.1 Å². The first kappa shape index (κ1) is 17.8. The van der Waals surface area contributed by atoms with E-state index in [9.17, 15) is 0 Å². The molecule has 0 saturated heterocycles. The van der Waals surface area contributed by atoms with Crippen molar-refractivity contribution in [3.63, 3.8) is 0 Å². The van der Waals surface area contributed by atoms with E-state index in [1.807, 2.05) is 18.2 Å². The van der Waals surface area contributed by atoms with Crippen LogP contribution in [0.1, 0.15) is 47.6 Å². The zero-order valence-electron chi connectivity index (χ0n) is 13.9. The molecule has 0 radical (unpaired) electrons. The van der Waals surface area contributed by atoms with Gasteiger partial charge in [-0.25, -0.2) is 0 Å². The molecule has 0 aromatic heterocycles. The summed E-state index contributed by atoms with van der Waals surface area (Å²) < 4.78 is 6.04. The predicted molar refractivity (Wildman–Crippen MR) is 98.2 cm³/mol. The summed E-state index contributed by atoms with van der Waals surface area (Å²) in [5, 5.41) is 0. The maximum absolute atomic E-state index is 6.35. The normalized spacial score (nSPS) is 14.9. The Labute approximate surface area is 145 Å². The van der Waals surface area contributed by atoms with Gasteiger partial charge in [0.2, 0.25) is 0 Å². The molecule has 0 spiro atoms. The van der Waals surface area contributed by atoms with Gasteiger partial charge in [-0.3, -0.25) is 0 Å². The third kappa shape index (κ3) is 4.73. The lowest BCUT2D eigenvalue weighted by Gasteiger charge is -2.17. The van der Waals surface area contributed by atoms with Crippen molar-refractivity contribution in [3.05, 3.63) is 64.7 Å². The first-order chi connectivity index (χ1) is 10.6. The topological polar surface area (TPSA) is 35.2 Å². The molecular formula is C20H26ClNO. The molecule has 1 fully saturated rings. The summed E-state index contributed by atoms with van der Waals surface area (Å²) in [6.07, 6.45) is 3.82. The number of aryl methyl sites for hydroxylation is 2. The smallest absolute Gasteiger partial charge is 0.125 e. The molecule has 3 rings (SSSR count). The average molecular weight is 332 g/mol. The highest BCUT2D eigenvalue weighted by molar-refractivity contribution is 5.85. The molecule has 0 amide bonds. The number of rotatable bonds is 6. The minimum Gasteiger partial charge on any atom is -0.488 e. The Bertz CT molecular complexity index is 614. The quantitative estimate of drug-likeness (QED) is 0.798. The van der Waals surface area contributed by atoms with Gasteiger partial charge in [0.25, 0.3) is 0 Å². The second-order valence-electron chi connectivity index (χ2n) is 6.54. The van der Waals surface area contributed by atoms with E-state index in [0.29, 0.717) is 6.61 Å². The standard InChI is InChI=1S/C20H25NO.ClH/c1-14-10-18(19(21)12-16-8-9-16)11-15(2)20(14)22-13-17-6-4-3-5-7-17;/h3-7,10-11,16,19H,8-9,12-13,21H2,1-2H3;1H/t19-;/m1./s1. The molecule has 2 N–H and O–H groups in total. The number of hydrogen-bond donors (Lipinski definition) is 1. The van der Waals surface area contributed by atoms with E-state index in [4.69, 9.17) is 10.5 Å². The van der Waals surface area contributed by atoms with E-state index >= 15 is 0 Å². The van der Waals surface area contributed by atoms with Crippen LogP contribution in [0.2, 0.25) is 0 Å². The van der Waals surface area contributed by atoms with Gasteiger partial charge in [-0.05, 0) is 48.4 Å². The highest BCUT2D eigenvalue weighted by atomic mass is 35.5. The molecule has 1 aliphatic carbocycles. The fourth-order valence-electron chi connectivity index (χ4n) is 3.00. The summed E-state index contributed by atoms with van der Waals surface area (Å²) >= 11 is 0. The summed E-state index contributed by atoms with van der Waals surface area (Å²) in [6.45, 7) is 4.83. The molecule has 2 aromatic rings. The molecule has 2 aromatic carbocycles. The van der Waals surface area contributed by atoms with Crippen LogP contribution in [0.25, 0.3) is 0 Å². The van der Waals surface area contributed by atoms with E-state index in [1.54, 1.807) is 0 Å². The van der Waals surface area contributed by atoms with Crippen LogP contribution in [-0.2, 0) is 6.61 Å². The Morgan fingerprint density at radius 2 is 1.70 bits per heavy atom. The van der Waals surface area contributed by atoms with E-state index in [2.05, 4.69) is 38.1 Å². The van der Waals surface area contributed by atoms with E-state index < -0.39 is 0 Å². The Hall–Kier alpha value is -1.51. The third-order valence-electron chi connectivity index (χ3n) is 4.42. The molecule has 1 saturated carbocycles. The maximum atomic E-state index is 6.35. The van der Waals surface area contributed by atoms with Crippen LogP contribution in [0, 0.1) is 19.8 Å². The van der Waals surface area contributed by atoms with Crippen LogP contribution in [0.5, 0.6) is 5.75 Å². The number of hydrogen-bond acceptors (Lipinski definition) is 2. The Kier molecular flexibility index (Phi) is 6.09. The first-order valence-electron chi connectivity index (χ1n) is 8.17. The largest absolute Gasteiger partial charge is 0.488 e. The van der Waals surface area contributed by atoms with Crippen molar-refractivity contribution >= 4 is 12.4 Å². The first-order valence-corrected chi connectivity index (χ1v) is 8.17. The van der Waals surface area contributed by atoms with Crippen LogP contribution >= 0.6 is 12.4 Å². The SMILES string of the molecule is Cc1cc([C@H](N)CC2CC2)cc(C)c1OCc1ccccc1.Cl. The summed E-state index contributed by atoms with van der Waals surface area (Å²) in [5.74, 6) is 1.84. The predicted octanol–water partition coefficient (Wildman–Crippen LogP) is 5.10. The lowest BCUT2D eigenvalue weighted by atomic mass is 9.97. The van der Waals surface area contributed by atoms with Gasteiger partial charge in [-0.15, -0.1) is 12.4 Å². The highest BCUT2D eigenvalue weighted by Gasteiger charge is 2.25. The molecule has 0 heterocycles. The molecule has 0 bridgehead atoms. The maximum Gasteiger partial charge on any atom is 0.125 e. The number of ether oxygens (including phenoxy) is 1. The third-order valence-corrected chi connectivity index (χ3v) is 4.42. The van der Waals surface area contributed by atoms with Crippen molar-refractivity contribution < 1.29 is 4.74 Å². The van der Waals surface area contributed by atoms with Crippen LogP contribution in [-0.4, -0.2) is 0 Å². The Morgan fingerprint density at radius 3 is 2.26 bits per heavy atom. The summed E-state index contributed by atoms with van der Waals surface area (Å²) in [6, 6.07) is 14.8. The highest BCUT2D eigenvalue weighted by Crippen LogP contribution is 2.38. The van der Waals surface area contributed by atoms with Gasteiger partial charge in [0.15, 0.2) is 0 Å². The van der Waals surface area contributed by atoms with Gasteiger partial charge in [0.05, 0.1) is 0 Å². The van der Waals surface area contributed by atoms with Gasteiger partial charge >= 0.3 is 0 Å². The number of nitrogens with two attached hydrogens (primary N) is 1. The fourth-order valence-corrected chi connectivity index (χ4v) is 3.00. The summed E-state index contributed by atoms with van der Waals surface area (Å²) in [5.41, 5.74) is 11.1. The van der Waals surface area contributed by atoms with Crippen molar-refractivity contribution in [1.82, 2.24) is 0 Å². The fraction of sp³-hybridized carbons (Fsp3) is 0.400. The molecule has 1 atom stereocenters. The Morgan fingerprint density at radius 1 is 1.09 bits per heavy atom. The van der Waals surface area contributed by atoms with Gasteiger partial charge in [0.1, 0.15) is 12.4 Å². The summed E-state index contributed by atoms with van der Waals surface area (Å²) in [4.78, 5) is 0. The van der Waals surface area contributed by atoms with E-state index in [1.165, 1.54) is 35.1 Å². The monoisotopic (exact) mass is 331 g/mol. The zero-order valence-corrected chi connectivity index (χ0v) is 14.7. The van der Waals surface area contributed by atoms with E-state index in [-0.39, 0.29) is 18.4 Å². The second-order valence-corrected chi connectivity index (χ2v) is 6.54. The molecule has 1 aliphatic rings. The lowest BCUT2D eigenvalue weighted by molar-refractivity contribution is 0.302. The lowest BCUT2D eigenvalue weighted by Crippen LogP contribution is -2.12. The Balaban J connectivity index is 0.00000192. The molecule has 2 nitrogen and oxygen atoms in total. The van der Waals surface area contributed by atoms with Crippen molar-refractivity contribution in [3.8, 4) is 5.75 Å². The summed E-state index contributed by atoms with van der Waals surface area (Å²) in [7, 11) is 0. The van der Waals surface area contributed by atoms with Crippen molar-refractivity contribution in [2.24, 2.45) is 11.7 Å². The van der Waals surface area contributed by atoms with Crippen LogP contribution < -0.4 is 10.5 Å². The van der Waals surface area contributed by atoms with Gasteiger partial charge in [-0.1, -0.05) is 55.3 Å². The number of benzene rings is 2. The van der Waals surface area contributed by atoms with Crippen LogP contribution in [0.15, 0.2) is 42.5 Å². The van der Waals surface area contributed by atoms with Gasteiger partial charge in [0, 0.05) is 6.04 Å². The van der Waals surface area contributed by atoms with Crippen LogP contribution in [0.3, 0.4) is 0 Å². The minimum absolute atomic E-state index is 0. The second kappa shape index (κ2) is 7.85. The van der Waals surface area contributed by atoms with Crippen LogP contribution in [0.4, 0.5) is 0 Å². The zero-order chi connectivity index (χ0) is 15.5.